The van der Waals surface area contributed by atoms with Crippen molar-refractivity contribution >= 4 is 17.7 Å². The molecule has 0 bridgehead atoms. The van der Waals surface area contributed by atoms with Gasteiger partial charge in [-0.2, -0.15) is 0 Å². The predicted molar refractivity (Wildman–Crippen MR) is 95.6 cm³/mol. The highest BCUT2D eigenvalue weighted by atomic mass is 32.1. The molecule has 0 saturated heterocycles. The van der Waals surface area contributed by atoms with Gasteiger partial charge in [0.25, 0.3) is 0 Å². The average Bonchev–Trinajstić information content (AvgIpc) is 2.41. The number of hydrogen-bond donors (Lipinski definition) is 1. The molecule has 0 saturated carbocycles. The molecule has 0 radical (unpaired) electrons. The first-order chi connectivity index (χ1) is 9.68. The zero-order valence-corrected chi connectivity index (χ0v) is 14.9. The molecular weight excluding hydrogens is 264 g/mol. The lowest BCUT2D eigenvalue weighted by Gasteiger charge is -1.97. The van der Waals surface area contributed by atoms with E-state index < -0.39 is 0 Å². The molecule has 0 unspecified atom stereocenters. The molecule has 0 N–H and O–H groups in total. The van der Waals surface area contributed by atoms with Gasteiger partial charge in [0.15, 0.2) is 5.12 Å². The maximum atomic E-state index is 9.91. The fourth-order valence-electron chi connectivity index (χ4n) is 1.81. The van der Waals surface area contributed by atoms with Crippen molar-refractivity contribution in [3.05, 3.63) is 12.2 Å². The molecule has 0 aromatic rings. The van der Waals surface area contributed by atoms with Crippen LogP contribution in [0.5, 0.6) is 0 Å². The summed E-state index contributed by atoms with van der Waals surface area (Å²) in [5.74, 6) is 0. The van der Waals surface area contributed by atoms with Gasteiger partial charge in [0, 0.05) is 6.42 Å². The maximum Gasteiger partial charge on any atom is 0.185 e. The van der Waals surface area contributed by atoms with Crippen LogP contribution in [0.2, 0.25) is 0 Å². The highest BCUT2D eigenvalue weighted by Crippen LogP contribution is 2.07. The SMILES string of the molecule is CCCC(=O)S.CCCC/C=C/CCCCCCCC. The summed E-state index contributed by atoms with van der Waals surface area (Å²) in [4.78, 5) is 9.91. The zero-order chi connectivity index (χ0) is 15.5. The van der Waals surface area contributed by atoms with Gasteiger partial charge in [-0.3, -0.25) is 4.79 Å². The van der Waals surface area contributed by atoms with E-state index >= 15 is 0 Å². The molecule has 0 aliphatic carbocycles. The lowest BCUT2D eigenvalue weighted by atomic mass is 10.1. The molecule has 0 aromatic carbocycles. The van der Waals surface area contributed by atoms with Crippen LogP contribution in [0.3, 0.4) is 0 Å². The summed E-state index contributed by atoms with van der Waals surface area (Å²) in [6.45, 7) is 6.48. The van der Waals surface area contributed by atoms with Gasteiger partial charge < -0.3 is 0 Å². The fraction of sp³-hybridized carbons (Fsp3) is 0.833. The van der Waals surface area contributed by atoms with Crippen molar-refractivity contribution in [3.8, 4) is 0 Å². The average molecular weight is 301 g/mol. The lowest BCUT2D eigenvalue weighted by Crippen LogP contribution is -1.80. The van der Waals surface area contributed by atoms with E-state index in [0.717, 1.165) is 6.42 Å². The number of rotatable bonds is 12. The summed E-state index contributed by atoms with van der Waals surface area (Å²) in [7, 11) is 0. The summed E-state index contributed by atoms with van der Waals surface area (Å²) in [6, 6.07) is 0. The lowest BCUT2D eigenvalue weighted by molar-refractivity contribution is -0.110. The van der Waals surface area contributed by atoms with Gasteiger partial charge in [-0.05, 0) is 25.7 Å². The van der Waals surface area contributed by atoms with E-state index in [1.807, 2.05) is 6.92 Å². The van der Waals surface area contributed by atoms with Gasteiger partial charge in [0.1, 0.15) is 0 Å². The van der Waals surface area contributed by atoms with Crippen LogP contribution in [0.1, 0.15) is 97.8 Å². The van der Waals surface area contributed by atoms with E-state index in [9.17, 15) is 4.79 Å². The molecule has 2 heteroatoms. The third-order valence-corrected chi connectivity index (χ3v) is 3.30. The van der Waals surface area contributed by atoms with E-state index in [-0.39, 0.29) is 5.12 Å². The fourth-order valence-corrected chi connectivity index (χ4v) is 2.04. The van der Waals surface area contributed by atoms with Crippen molar-refractivity contribution < 1.29 is 4.79 Å². The summed E-state index contributed by atoms with van der Waals surface area (Å²) in [5, 5.41) is -0.0162. The van der Waals surface area contributed by atoms with Crippen LogP contribution >= 0.6 is 12.6 Å². The Morgan fingerprint density at radius 3 is 1.70 bits per heavy atom. The maximum absolute atomic E-state index is 9.91. The minimum atomic E-state index is -0.0162. The van der Waals surface area contributed by atoms with Gasteiger partial charge >= 0.3 is 0 Å². The highest BCUT2D eigenvalue weighted by Gasteiger charge is 1.87. The molecule has 0 aromatic heterocycles. The number of carbonyl (C=O) groups is 1. The molecule has 0 atom stereocenters. The Bertz CT molecular complexity index is 211. The Morgan fingerprint density at radius 1 is 0.750 bits per heavy atom. The van der Waals surface area contributed by atoms with Crippen LogP contribution < -0.4 is 0 Å². The van der Waals surface area contributed by atoms with E-state index in [1.165, 1.54) is 64.2 Å². The van der Waals surface area contributed by atoms with Crippen LogP contribution in [-0.4, -0.2) is 5.12 Å². The molecule has 0 spiro atoms. The molecule has 0 heterocycles. The van der Waals surface area contributed by atoms with E-state index in [0.29, 0.717) is 6.42 Å². The smallest absolute Gasteiger partial charge is 0.185 e. The number of thiol groups is 1. The second kappa shape index (κ2) is 21.1. The number of unbranched alkanes of at least 4 members (excludes halogenated alkanes) is 8. The molecule has 0 fully saturated rings. The number of allylic oxidation sites excluding steroid dienone is 2. The van der Waals surface area contributed by atoms with Crippen LogP contribution in [0.15, 0.2) is 12.2 Å². The Morgan fingerprint density at radius 2 is 1.25 bits per heavy atom. The summed E-state index contributed by atoms with van der Waals surface area (Å²) in [5.41, 5.74) is 0. The second-order valence-corrected chi connectivity index (χ2v) is 5.81. The predicted octanol–water partition coefficient (Wildman–Crippen LogP) is 6.73. The van der Waals surface area contributed by atoms with E-state index in [4.69, 9.17) is 0 Å². The van der Waals surface area contributed by atoms with Crippen molar-refractivity contribution in [1.82, 2.24) is 0 Å². The van der Waals surface area contributed by atoms with Gasteiger partial charge in [-0.1, -0.05) is 77.9 Å². The zero-order valence-electron chi connectivity index (χ0n) is 14.0. The first-order valence-electron chi connectivity index (χ1n) is 8.55. The first-order valence-corrected chi connectivity index (χ1v) is 9.00. The largest absolute Gasteiger partial charge is 0.288 e. The minimum Gasteiger partial charge on any atom is -0.288 e. The molecule has 0 rings (SSSR count). The quantitative estimate of drug-likeness (QED) is 0.240. The first kappa shape index (κ1) is 22.0. The van der Waals surface area contributed by atoms with Crippen molar-refractivity contribution in [2.75, 3.05) is 0 Å². The summed E-state index contributed by atoms with van der Waals surface area (Å²) >= 11 is 3.54. The van der Waals surface area contributed by atoms with Crippen molar-refractivity contribution in [2.24, 2.45) is 0 Å². The number of carbonyl (C=O) groups excluding carboxylic acids is 1. The third kappa shape index (κ3) is 26.3. The molecule has 0 amide bonds. The number of hydrogen-bond acceptors (Lipinski definition) is 1. The van der Waals surface area contributed by atoms with Gasteiger partial charge in [-0.15, -0.1) is 12.6 Å². The van der Waals surface area contributed by atoms with Gasteiger partial charge in [-0.25, -0.2) is 0 Å². The Balaban J connectivity index is 0. The van der Waals surface area contributed by atoms with Crippen LogP contribution in [0.25, 0.3) is 0 Å². The monoisotopic (exact) mass is 300 g/mol. The Kier molecular flexibility index (Phi) is 23.2. The van der Waals surface area contributed by atoms with E-state index in [1.54, 1.807) is 0 Å². The van der Waals surface area contributed by atoms with Gasteiger partial charge in [0.2, 0.25) is 0 Å². The van der Waals surface area contributed by atoms with Crippen molar-refractivity contribution in [1.29, 1.82) is 0 Å². The van der Waals surface area contributed by atoms with Crippen molar-refractivity contribution in [3.63, 3.8) is 0 Å². The van der Waals surface area contributed by atoms with Crippen LogP contribution in [0.4, 0.5) is 0 Å². The summed E-state index contributed by atoms with van der Waals surface area (Å²) < 4.78 is 0. The van der Waals surface area contributed by atoms with Crippen molar-refractivity contribution in [2.45, 2.75) is 97.8 Å². The van der Waals surface area contributed by atoms with Crippen LogP contribution in [0, 0.1) is 0 Å². The Labute approximate surface area is 133 Å². The van der Waals surface area contributed by atoms with E-state index in [2.05, 4.69) is 38.6 Å². The normalized spacial score (nSPS) is 10.4. The highest BCUT2D eigenvalue weighted by molar-refractivity contribution is 7.96. The topological polar surface area (TPSA) is 17.1 Å². The molecule has 20 heavy (non-hydrogen) atoms. The molecule has 120 valence electrons. The standard InChI is InChI=1S/C14H28.C4H8OS/c1-3-5-7-9-11-13-14-12-10-8-6-4-2;1-2-3-4(5)6/h9,11H,3-8,10,12-14H2,1-2H3;2-3H2,1H3,(H,5,6)/b11-9+;. The molecule has 0 aliphatic heterocycles. The minimum absolute atomic E-state index is 0.0162. The Hall–Kier alpha value is -0.240. The molecule has 0 aliphatic rings. The van der Waals surface area contributed by atoms with Gasteiger partial charge in [0.05, 0.1) is 0 Å². The second-order valence-electron chi connectivity index (χ2n) is 5.31. The third-order valence-electron chi connectivity index (χ3n) is 3.08. The summed E-state index contributed by atoms with van der Waals surface area (Å²) in [6.07, 6.45) is 20.0. The molecule has 1 nitrogen and oxygen atoms in total. The molecular formula is C18H36OS. The van der Waals surface area contributed by atoms with Crippen LogP contribution in [-0.2, 0) is 4.79 Å².